The van der Waals surface area contributed by atoms with Gasteiger partial charge in [-0.25, -0.2) is 9.78 Å². The molecule has 0 bridgehead atoms. The van der Waals surface area contributed by atoms with Gasteiger partial charge in [0.05, 0.1) is 17.2 Å². The van der Waals surface area contributed by atoms with Crippen molar-refractivity contribution < 1.29 is 9.53 Å². The van der Waals surface area contributed by atoms with E-state index in [1.807, 2.05) is 6.92 Å². The van der Waals surface area contributed by atoms with Gasteiger partial charge in [0, 0.05) is 0 Å². The monoisotopic (exact) mass is 267 g/mol. The van der Waals surface area contributed by atoms with Crippen LogP contribution in [0.5, 0.6) is 0 Å². The van der Waals surface area contributed by atoms with Crippen LogP contribution in [0.3, 0.4) is 0 Å². The molecule has 0 saturated heterocycles. The SMILES string of the molecule is CCc1c(Cl)c(Cl)nc(C(=O)OC)c1Cl. The highest BCUT2D eigenvalue weighted by atomic mass is 35.5. The van der Waals surface area contributed by atoms with Gasteiger partial charge in [0.1, 0.15) is 5.15 Å². The summed E-state index contributed by atoms with van der Waals surface area (Å²) in [7, 11) is 1.24. The molecule has 1 heterocycles. The van der Waals surface area contributed by atoms with Gasteiger partial charge in [-0.15, -0.1) is 0 Å². The minimum Gasteiger partial charge on any atom is -0.464 e. The largest absolute Gasteiger partial charge is 0.464 e. The Kier molecular flexibility index (Phi) is 4.20. The first kappa shape index (κ1) is 12.6. The molecule has 1 aromatic rings. The lowest BCUT2D eigenvalue weighted by molar-refractivity contribution is 0.0594. The lowest BCUT2D eigenvalue weighted by atomic mass is 10.2. The molecule has 0 aromatic carbocycles. The minimum atomic E-state index is -0.631. The summed E-state index contributed by atoms with van der Waals surface area (Å²) in [4.78, 5) is 15.1. The molecule has 6 heteroatoms. The summed E-state index contributed by atoms with van der Waals surface area (Å²) in [5.41, 5.74) is 0.587. The molecular formula is C9H8Cl3NO2. The number of methoxy groups -OCH3 is 1. The standard InChI is InChI=1S/C9H8Cl3NO2/c1-3-4-5(10)7(9(14)15-2)13-8(12)6(4)11/h3H2,1-2H3. The minimum absolute atomic E-state index is 0.00887. The van der Waals surface area contributed by atoms with Crippen LogP contribution < -0.4 is 0 Å². The first-order chi connectivity index (χ1) is 7.02. The number of nitrogens with zero attached hydrogens (tertiary/aromatic N) is 1. The van der Waals surface area contributed by atoms with Gasteiger partial charge >= 0.3 is 5.97 Å². The predicted octanol–water partition coefficient (Wildman–Crippen LogP) is 3.39. The Morgan fingerprint density at radius 2 is 1.93 bits per heavy atom. The summed E-state index contributed by atoms with van der Waals surface area (Å²) in [6.45, 7) is 1.85. The molecule has 0 aliphatic rings. The van der Waals surface area contributed by atoms with Crippen molar-refractivity contribution in [1.82, 2.24) is 4.98 Å². The van der Waals surface area contributed by atoms with Crippen molar-refractivity contribution >= 4 is 40.8 Å². The Morgan fingerprint density at radius 1 is 1.33 bits per heavy atom. The van der Waals surface area contributed by atoms with Crippen LogP contribution in [0.1, 0.15) is 23.0 Å². The molecule has 0 unspecified atom stereocenters. The Morgan fingerprint density at radius 3 is 2.40 bits per heavy atom. The Bertz CT molecular complexity index is 407. The lowest BCUT2D eigenvalue weighted by Crippen LogP contribution is -2.07. The van der Waals surface area contributed by atoms with Gasteiger partial charge in [-0.1, -0.05) is 41.7 Å². The van der Waals surface area contributed by atoms with Gasteiger partial charge in [-0.2, -0.15) is 0 Å². The molecule has 0 N–H and O–H groups in total. The molecule has 0 amide bonds. The number of esters is 1. The zero-order valence-electron chi connectivity index (χ0n) is 8.10. The van der Waals surface area contributed by atoms with Crippen molar-refractivity contribution in [3.8, 4) is 0 Å². The fraction of sp³-hybridized carbons (Fsp3) is 0.333. The highest BCUT2D eigenvalue weighted by molar-refractivity contribution is 6.43. The second-order valence-electron chi connectivity index (χ2n) is 2.70. The van der Waals surface area contributed by atoms with Gasteiger partial charge in [-0.05, 0) is 12.0 Å². The normalized spacial score (nSPS) is 10.2. The number of pyridine rings is 1. The Balaban J connectivity index is 3.43. The van der Waals surface area contributed by atoms with Crippen LogP contribution in [-0.2, 0) is 11.2 Å². The Hall–Kier alpha value is -0.510. The highest BCUT2D eigenvalue weighted by Crippen LogP contribution is 2.32. The number of aromatic nitrogens is 1. The predicted molar refractivity (Wildman–Crippen MR) is 60.0 cm³/mol. The van der Waals surface area contributed by atoms with Crippen LogP contribution in [0.2, 0.25) is 15.2 Å². The number of halogens is 3. The quantitative estimate of drug-likeness (QED) is 0.609. The maximum atomic E-state index is 11.3. The van der Waals surface area contributed by atoms with Crippen molar-refractivity contribution in [2.24, 2.45) is 0 Å². The lowest BCUT2D eigenvalue weighted by Gasteiger charge is -2.09. The molecule has 3 nitrogen and oxygen atoms in total. The molecule has 0 fully saturated rings. The molecule has 0 atom stereocenters. The van der Waals surface area contributed by atoms with E-state index in [0.717, 1.165) is 0 Å². The summed E-state index contributed by atoms with van der Waals surface area (Å²) in [6, 6.07) is 0. The van der Waals surface area contributed by atoms with Crippen molar-refractivity contribution in [1.29, 1.82) is 0 Å². The van der Waals surface area contributed by atoms with E-state index in [4.69, 9.17) is 34.8 Å². The number of rotatable bonds is 2. The van der Waals surface area contributed by atoms with Crippen molar-refractivity contribution in [2.75, 3.05) is 7.11 Å². The van der Waals surface area contributed by atoms with E-state index in [9.17, 15) is 4.79 Å². The van der Waals surface area contributed by atoms with Crippen molar-refractivity contribution in [3.05, 3.63) is 26.5 Å². The smallest absolute Gasteiger partial charge is 0.358 e. The molecule has 0 aliphatic heterocycles. The zero-order chi connectivity index (χ0) is 11.6. The van der Waals surface area contributed by atoms with Crippen molar-refractivity contribution in [2.45, 2.75) is 13.3 Å². The summed E-state index contributed by atoms with van der Waals surface area (Å²) in [5, 5.41) is 0.522. The van der Waals surface area contributed by atoms with E-state index in [-0.39, 0.29) is 20.9 Å². The summed E-state index contributed by atoms with van der Waals surface area (Å²) < 4.78 is 4.52. The number of carbonyl (C=O) groups excluding carboxylic acids is 1. The van der Waals surface area contributed by atoms with E-state index in [0.29, 0.717) is 12.0 Å². The van der Waals surface area contributed by atoms with E-state index < -0.39 is 5.97 Å². The fourth-order valence-corrected chi connectivity index (χ4v) is 1.97. The third-order valence-electron chi connectivity index (χ3n) is 1.86. The molecular weight excluding hydrogens is 260 g/mol. The molecule has 15 heavy (non-hydrogen) atoms. The maximum Gasteiger partial charge on any atom is 0.358 e. The second kappa shape index (κ2) is 5.01. The van der Waals surface area contributed by atoms with Gasteiger partial charge in [0.25, 0.3) is 0 Å². The third kappa shape index (κ3) is 2.36. The van der Waals surface area contributed by atoms with Gasteiger partial charge in [0.2, 0.25) is 0 Å². The fourth-order valence-electron chi connectivity index (χ4n) is 1.10. The van der Waals surface area contributed by atoms with Crippen LogP contribution >= 0.6 is 34.8 Å². The van der Waals surface area contributed by atoms with Crippen LogP contribution in [-0.4, -0.2) is 18.1 Å². The second-order valence-corrected chi connectivity index (χ2v) is 3.82. The van der Waals surface area contributed by atoms with Gasteiger partial charge < -0.3 is 4.74 Å². The topological polar surface area (TPSA) is 39.2 Å². The molecule has 1 aromatic heterocycles. The molecule has 0 aliphatic carbocycles. The number of carbonyl (C=O) groups is 1. The van der Waals surface area contributed by atoms with Crippen LogP contribution in [0.15, 0.2) is 0 Å². The molecule has 1 rings (SSSR count). The third-order valence-corrected chi connectivity index (χ3v) is 3.05. The molecule has 0 saturated carbocycles. The van der Waals surface area contributed by atoms with E-state index in [2.05, 4.69) is 9.72 Å². The van der Waals surface area contributed by atoms with E-state index >= 15 is 0 Å². The Labute approximate surface area is 102 Å². The van der Waals surface area contributed by atoms with Crippen molar-refractivity contribution in [3.63, 3.8) is 0 Å². The average Bonchev–Trinajstić information content (AvgIpc) is 2.23. The highest BCUT2D eigenvalue weighted by Gasteiger charge is 2.20. The van der Waals surface area contributed by atoms with Gasteiger partial charge in [-0.3, -0.25) is 0 Å². The number of hydrogen-bond acceptors (Lipinski definition) is 3. The number of ether oxygens (including phenoxy) is 1. The molecule has 0 radical (unpaired) electrons. The van der Waals surface area contributed by atoms with E-state index in [1.165, 1.54) is 7.11 Å². The van der Waals surface area contributed by atoms with Gasteiger partial charge in [0.15, 0.2) is 5.69 Å². The van der Waals surface area contributed by atoms with Crippen LogP contribution in [0, 0.1) is 0 Å². The first-order valence-corrected chi connectivity index (χ1v) is 5.28. The van der Waals surface area contributed by atoms with E-state index in [1.54, 1.807) is 0 Å². The molecule has 0 spiro atoms. The summed E-state index contributed by atoms with van der Waals surface area (Å²) in [6.07, 6.45) is 0.559. The molecule has 82 valence electrons. The summed E-state index contributed by atoms with van der Waals surface area (Å²) in [5.74, 6) is -0.631. The number of hydrogen-bond donors (Lipinski definition) is 0. The zero-order valence-corrected chi connectivity index (χ0v) is 10.4. The van der Waals surface area contributed by atoms with Crippen LogP contribution in [0.25, 0.3) is 0 Å². The average molecular weight is 269 g/mol. The first-order valence-electron chi connectivity index (χ1n) is 4.14. The van der Waals surface area contributed by atoms with Crippen LogP contribution in [0.4, 0.5) is 0 Å². The maximum absolute atomic E-state index is 11.3. The summed E-state index contributed by atoms with van der Waals surface area (Å²) >= 11 is 17.6.